The molecule has 0 aromatic carbocycles. The first-order valence-corrected chi connectivity index (χ1v) is 6.74. The number of halogens is 2. The molecule has 5 nitrogen and oxygen atoms in total. The molecule has 0 amide bonds. The maximum atomic E-state index is 11.4. The van der Waals surface area contributed by atoms with Crippen LogP contribution in [0.15, 0.2) is 31.7 Å². The molecule has 0 unspecified atom stereocenters. The van der Waals surface area contributed by atoms with Crippen molar-refractivity contribution in [1.82, 2.24) is 19.7 Å². The van der Waals surface area contributed by atoms with Gasteiger partial charge < -0.3 is 0 Å². The maximum absolute atomic E-state index is 11.4. The third kappa shape index (κ3) is 2.72. The highest BCUT2D eigenvalue weighted by Gasteiger charge is 2.11. The van der Waals surface area contributed by atoms with Crippen LogP contribution in [0, 0.1) is 0 Å². The van der Waals surface area contributed by atoms with E-state index in [1.54, 1.807) is 12.3 Å². The Labute approximate surface area is 115 Å². The molecular formula is C9H8BrClN4OS. The van der Waals surface area contributed by atoms with E-state index in [0.717, 1.165) is 4.47 Å². The standard InChI is InChI=1S/C9H8BrClN4OS/c1-2-15-8(16)13-14-9(15)17-7-6(11)3-5(10)4-12-7/h3-4H,2H2,1H3,(H,13,16). The molecule has 8 heteroatoms. The van der Waals surface area contributed by atoms with Crippen molar-refractivity contribution in [3.63, 3.8) is 0 Å². The lowest BCUT2D eigenvalue weighted by Crippen LogP contribution is -2.16. The first-order chi connectivity index (χ1) is 8.11. The van der Waals surface area contributed by atoms with Gasteiger partial charge >= 0.3 is 5.69 Å². The third-order valence-corrected chi connectivity index (χ3v) is 3.85. The van der Waals surface area contributed by atoms with Crippen molar-refractivity contribution in [1.29, 1.82) is 0 Å². The predicted octanol–water partition coefficient (Wildman–Crippen LogP) is 2.55. The van der Waals surface area contributed by atoms with Crippen LogP contribution in [0.4, 0.5) is 0 Å². The van der Waals surface area contributed by atoms with E-state index in [-0.39, 0.29) is 5.69 Å². The average molecular weight is 336 g/mol. The molecule has 2 rings (SSSR count). The monoisotopic (exact) mass is 334 g/mol. The van der Waals surface area contributed by atoms with Gasteiger partial charge in [-0.05, 0) is 40.7 Å². The Kier molecular flexibility index (Phi) is 3.90. The van der Waals surface area contributed by atoms with Crippen molar-refractivity contribution in [2.75, 3.05) is 0 Å². The van der Waals surface area contributed by atoms with Crippen molar-refractivity contribution < 1.29 is 0 Å². The van der Waals surface area contributed by atoms with Crippen LogP contribution in [0.1, 0.15) is 6.92 Å². The number of pyridine rings is 1. The van der Waals surface area contributed by atoms with E-state index >= 15 is 0 Å². The van der Waals surface area contributed by atoms with Crippen LogP contribution in [0.3, 0.4) is 0 Å². The Morgan fingerprint density at radius 1 is 1.65 bits per heavy atom. The Hall–Kier alpha value is -0.790. The second-order valence-corrected chi connectivity index (χ2v) is 5.38. The van der Waals surface area contributed by atoms with Crippen LogP contribution in [0.2, 0.25) is 5.02 Å². The second-order valence-electron chi connectivity index (χ2n) is 3.10. The van der Waals surface area contributed by atoms with E-state index in [2.05, 4.69) is 31.1 Å². The summed E-state index contributed by atoms with van der Waals surface area (Å²) in [5.74, 6) is 0. The topological polar surface area (TPSA) is 63.6 Å². The fourth-order valence-corrected chi connectivity index (χ4v) is 2.82. The summed E-state index contributed by atoms with van der Waals surface area (Å²) < 4.78 is 2.33. The number of H-pyrrole nitrogens is 1. The first kappa shape index (κ1) is 12.7. The molecule has 0 atom stereocenters. The summed E-state index contributed by atoms with van der Waals surface area (Å²) in [5, 5.41) is 8.00. The van der Waals surface area contributed by atoms with Crippen molar-refractivity contribution in [3.8, 4) is 0 Å². The highest BCUT2D eigenvalue weighted by molar-refractivity contribution is 9.10. The summed E-state index contributed by atoms with van der Waals surface area (Å²) in [6.07, 6.45) is 1.65. The van der Waals surface area contributed by atoms with Gasteiger partial charge in [-0.25, -0.2) is 14.9 Å². The summed E-state index contributed by atoms with van der Waals surface area (Å²) in [5.41, 5.74) is -0.233. The maximum Gasteiger partial charge on any atom is 0.343 e. The minimum Gasteiger partial charge on any atom is -0.270 e. The zero-order valence-electron chi connectivity index (χ0n) is 8.78. The minimum absolute atomic E-state index is 0.233. The van der Waals surface area contributed by atoms with Crippen molar-refractivity contribution in [2.45, 2.75) is 23.7 Å². The van der Waals surface area contributed by atoms with Gasteiger partial charge in [0.15, 0.2) is 5.16 Å². The molecule has 17 heavy (non-hydrogen) atoms. The molecule has 0 bridgehead atoms. The fraction of sp³-hybridized carbons (Fsp3) is 0.222. The van der Waals surface area contributed by atoms with Gasteiger partial charge in [0.25, 0.3) is 0 Å². The molecule has 2 heterocycles. The van der Waals surface area contributed by atoms with Gasteiger partial charge in [0.05, 0.1) is 5.02 Å². The molecule has 0 saturated carbocycles. The van der Waals surface area contributed by atoms with E-state index in [4.69, 9.17) is 11.6 Å². The largest absolute Gasteiger partial charge is 0.343 e. The Bertz CT molecular complexity index is 597. The molecule has 90 valence electrons. The normalized spacial score (nSPS) is 10.8. The molecule has 0 aliphatic carbocycles. The molecule has 0 fully saturated rings. The lowest BCUT2D eigenvalue weighted by Gasteiger charge is -2.03. The molecule has 0 aliphatic rings. The average Bonchev–Trinajstić information content (AvgIpc) is 2.63. The number of rotatable bonds is 3. The summed E-state index contributed by atoms with van der Waals surface area (Å²) >= 11 is 10.6. The molecular weight excluding hydrogens is 328 g/mol. The van der Waals surface area contributed by atoms with Crippen LogP contribution in [0.25, 0.3) is 0 Å². The Morgan fingerprint density at radius 3 is 3.06 bits per heavy atom. The Balaban J connectivity index is 2.34. The van der Waals surface area contributed by atoms with Gasteiger partial charge in [0.1, 0.15) is 5.03 Å². The highest BCUT2D eigenvalue weighted by Crippen LogP contribution is 2.31. The van der Waals surface area contributed by atoms with E-state index < -0.39 is 0 Å². The van der Waals surface area contributed by atoms with Crippen molar-refractivity contribution >= 4 is 39.3 Å². The zero-order valence-corrected chi connectivity index (χ0v) is 11.9. The SMILES string of the molecule is CCn1c(Sc2ncc(Br)cc2Cl)n[nH]c1=O. The number of aromatic nitrogens is 4. The summed E-state index contributed by atoms with van der Waals surface area (Å²) in [6.45, 7) is 2.42. The molecule has 0 spiro atoms. The van der Waals surface area contributed by atoms with Crippen molar-refractivity contribution in [3.05, 3.63) is 32.2 Å². The van der Waals surface area contributed by atoms with Gasteiger partial charge in [0.2, 0.25) is 0 Å². The van der Waals surface area contributed by atoms with Crippen LogP contribution in [-0.4, -0.2) is 19.7 Å². The summed E-state index contributed by atoms with van der Waals surface area (Å²) in [6, 6.07) is 1.75. The minimum atomic E-state index is -0.233. The number of hydrogen-bond acceptors (Lipinski definition) is 4. The summed E-state index contributed by atoms with van der Waals surface area (Å²) in [4.78, 5) is 15.5. The van der Waals surface area contributed by atoms with Crippen LogP contribution in [0.5, 0.6) is 0 Å². The van der Waals surface area contributed by atoms with E-state index in [0.29, 0.717) is 21.7 Å². The van der Waals surface area contributed by atoms with E-state index in [1.807, 2.05) is 6.92 Å². The number of nitrogens with one attached hydrogen (secondary N) is 1. The molecule has 0 radical (unpaired) electrons. The zero-order chi connectivity index (χ0) is 12.4. The van der Waals surface area contributed by atoms with Gasteiger partial charge in [-0.2, -0.15) is 0 Å². The quantitative estimate of drug-likeness (QED) is 0.936. The molecule has 2 aromatic rings. The first-order valence-electron chi connectivity index (χ1n) is 4.76. The van der Waals surface area contributed by atoms with Crippen LogP contribution in [-0.2, 0) is 6.54 Å². The van der Waals surface area contributed by atoms with Crippen LogP contribution < -0.4 is 5.69 Å². The predicted molar refractivity (Wildman–Crippen MR) is 69.6 cm³/mol. The van der Waals surface area contributed by atoms with E-state index in [9.17, 15) is 4.79 Å². The van der Waals surface area contributed by atoms with E-state index in [1.165, 1.54) is 16.3 Å². The number of aromatic amines is 1. The van der Waals surface area contributed by atoms with Crippen molar-refractivity contribution in [2.24, 2.45) is 0 Å². The molecule has 0 saturated heterocycles. The van der Waals surface area contributed by atoms with Gasteiger partial charge in [-0.3, -0.25) is 4.57 Å². The van der Waals surface area contributed by atoms with Gasteiger partial charge in [-0.15, -0.1) is 5.10 Å². The molecule has 2 aromatic heterocycles. The number of nitrogens with zero attached hydrogens (tertiary/aromatic N) is 3. The fourth-order valence-electron chi connectivity index (χ4n) is 1.22. The second kappa shape index (κ2) is 5.24. The molecule has 1 N–H and O–H groups in total. The van der Waals surface area contributed by atoms with Crippen LogP contribution >= 0.6 is 39.3 Å². The lowest BCUT2D eigenvalue weighted by molar-refractivity contribution is 0.660. The smallest absolute Gasteiger partial charge is 0.270 e. The highest BCUT2D eigenvalue weighted by atomic mass is 79.9. The number of hydrogen-bond donors (Lipinski definition) is 1. The van der Waals surface area contributed by atoms with Gasteiger partial charge in [0, 0.05) is 17.2 Å². The Morgan fingerprint density at radius 2 is 2.41 bits per heavy atom. The molecule has 0 aliphatic heterocycles. The lowest BCUT2D eigenvalue weighted by atomic mass is 10.5. The summed E-state index contributed by atoms with van der Waals surface area (Å²) in [7, 11) is 0. The van der Waals surface area contributed by atoms with Gasteiger partial charge in [-0.1, -0.05) is 11.6 Å². The third-order valence-electron chi connectivity index (χ3n) is 2.00.